The molecule has 0 heterocycles. The minimum atomic E-state index is -1.81. The van der Waals surface area contributed by atoms with E-state index < -0.39 is 7.26 Å². The van der Waals surface area contributed by atoms with E-state index in [0.29, 0.717) is 0 Å². The third kappa shape index (κ3) is 5.35. The number of hydrogen-bond donors (Lipinski definition) is 0. The summed E-state index contributed by atoms with van der Waals surface area (Å²) in [6.07, 6.45) is 4.72. The molecule has 0 saturated heterocycles. The third-order valence-electron chi connectivity index (χ3n) is 5.85. The van der Waals surface area contributed by atoms with Gasteiger partial charge < -0.3 is 17.0 Å². The van der Waals surface area contributed by atoms with Crippen LogP contribution in [0.25, 0.3) is 0 Å². The molecule has 4 aromatic rings. The van der Waals surface area contributed by atoms with Crippen molar-refractivity contribution < 1.29 is 17.0 Å². The molecule has 31 heavy (non-hydrogen) atoms. The standard InChI is InChI=1S/C29H30P.BrH/c1-2-3-13-25-20-22-26(23-21-25)24-30(27-14-7-4-8-15-27,28-16-9-5-10-17-28)29-18-11-6-12-19-29;/h4-12,14-23H,2-3,13,24H2,1H3;1H/q+1;/p-1. The van der Waals surface area contributed by atoms with Gasteiger partial charge in [-0.2, -0.15) is 0 Å². The van der Waals surface area contributed by atoms with E-state index in [1.807, 2.05) is 0 Å². The van der Waals surface area contributed by atoms with E-state index in [2.05, 4.69) is 122 Å². The SMILES string of the molecule is CCCCc1ccc(C[P+](c2ccccc2)(c2ccccc2)c2ccccc2)cc1.[Br-]. The van der Waals surface area contributed by atoms with Crippen LogP contribution in [0.15, 0.2) is 115 Å². The molecule has 2 heteroatoms. The van der Waals surface area contributed by atoms with Gasteiger partial charge in [0.05, 0.1) is 6.16 Å². The van der Waals surface area contributed by atoms with Gasteiger partial charge in [-0.25, -0.2) is 0 Å². The second kappa shape index (κ2) is 11.4. The second-order valence-electron chi connectivity index (χ2n) is 7.89. The number of unbranched alkanes of at least 4 members (excludes halogenated alkanes) is 1. The Labute approximate surface area is 198 Å². The fourth-order valence-electron chi connectivity index (χ4n) is 4.23. The van der Waals surface area contributed by atoms with E-state index in [1.165, 1.54) is 46.3 Å². The molecule has 0 atom stereocenters. The van der Waals surface area contributed by atoms with Crippen LogP contribution in [0.1, 0.15) is 30.9 Å². The van der Waals surface area contributed by atoms with E-state index in [-0.39, 0.29) is 17.0 Å². The van der Waals surface area contributed by atoms with Crippen molar-refractivity contribution in [3.63, 3.8) is 0 Å². The molecule has 0 aromatic heterocycles. The average molecular weight is 489 g/mol. The lowest BCUT2D eigenvalue weighted by molar-refractivity contribution is -0.00000596. The van der Waals surface area contributed by atoms with Crippen molar-refractivity contribution in [2.75, 3.05) is 0 Å². The lowest BCUT2D eigenvalue weighted by Gasteiger charge is -2.28. The summed E-state index contributed by atoms with van der Waals surface area (Å²) in [5.74, 6) is 0. The maximum atomic E-state index is 2.36. The topological polar surface area (TPSA) is 0 Å². The molecule has 0 fully saturated rings. The molecule has 0 N–H and O–H groups in total. The first-order valence-corrected chi connectivity index (χ1v) is 12.9. The number of halogens is 1. The molecule has 0 spiro atoms. The first kappa shape index (κ1) is 23.5. The Morgan fingerprint density at radius 1 is 0.516 bits per heavy atom. The fraction of sp³-hybridized carbons (Fsp3) is 0.172. The Bertz CT molecular complexity index is 932. The average Bonchev–Trinajstić information content (AvgIpc) is 2.84. The number of hydrogen-bond acceptors (Lipinski definition) is 0. The van der Waals surface area contributed by atoms with Crippen LogP contribution in [0.2, 0.25) is 0 Å². The van der Waals surface area contributed by atoms with Crippen LogP contribution in [-0.4, -0.2) is 0 Å². The van der Waals surface area contributed by atoms with Crippen molar-refractivity contribution in [2.45, 2.75) is 32.3 Å². The van der Waals surface area contributed by atoms with Gasteiger partial charge in [-0.15, -0.1) is 0 Å². The second-order valence-corrected chi connectivity index (χ2v) is 11.4. The highest BCUT2D eigenvalue weighted by Gasteiger charge is 2.45. The Hall–Kier alpha value is -2.21. The first-order valence-electron chi connectivity index (χ1n) is 11.0. The van der Waals surface area contributed by atoms with Crippen molar-refractivity contribution in [3.8, 4) is 0 Å². The van der Waals surface area contributed by atoms with E-state index in [0.717, 1.165) is 6.16 Å². The summed E-state index contributed by atoms with van der Waals surface area (Å²) in [5.41, 5.74) is 2.86. The minimum Gasteiger partial charge on any atom is -1.00 e. The van der Waals surface area contributed by atoms with Crippen molar-refractivity contribution in [3.05, 3.63) is 126 Å². The minimum absolute atomic E-state index is 0. The molecule has 0 bridgehead atoms. The summed E-state index contributed by atoms with van der Waals surface area (Å²) < 4.78 is 0. The predicted molar refractivity (Wildman–Crippen MR) is 134 cm³/mol. The molecule has 4 rings (SSSR count). The quantitative estimate of drug-likeness (QED) is 0.333. The largest absolute Gasteiger partial charge is 1.00 e. The smallest absolute Gasteiger partial charge is 0.116 e. The predicted octanol–water partition coefficient (Wildman–Crippen LogP) is 3.53. The van der Waals surface area contributed by atoms with E-state index in [4.69, 9.17) is 0 Å². The number of rotatable bonds is 8. The summed E-state index contributed by atoms with van der Waals surface area (Å²) in [6.45, 7) is 2.26. The van der Waals surface area contributed by atoms with Crippen LogP contribution in [0.3, 0.4) is 0 Å². The monoisotopic (exact) mass is 488 g/mol. The highest BCUT2D eigenvalue weighted by molar-refractivity contribution is 7.95. The maximum Gasteiger partial charge on any atom is 0.116 e. The van der Waals surface area contributed by atoms with Crippen LogP contribution >= 0.6 is 7.26 Å². The molecule has 0 radical (unpaired) electrons. The van der Waals surface area contributed by atoms with E-state index in [1.54, 1.807) is 0 Å². The zero-order chi connectivity index (χ0) is 20.7. The lowest BCUT2D eigenvalue weighted by Crippen LogP contribution is -3.00. The molecule has 0 aliphatic heterocycles. The zero-order valence-corrected chi connectivity index (χ0v) is 20.6. The van der Waals surface area contributed by atoms with Crippen LogP contribution in [0.4, 0.5) is 0 Å². The molecule has 158 valence electrons. The molecule has 4 aromatic carbocycles. The highest BCUT2D eigenvalue weighted by atomic mass is 79.9. The van der Waals surface area contributed by atoms with Gasteiger partial charge in [0.2, 0.25) is 0 Å². The molecule has 0 saturated carbocycles. The van der Waals surface area contributed by atoms with Crippen LogP contribution in [-0.2, 0) is 12.6 Å². The Morgan fingerprint density at radius 3 is 1.29 bits per heavy atom. The van der Waals surface area contributed by atoms with E-state index >= 15 is 0 Å². The van der Waals surface area contributed by atoms with Gasteiger partial charge in [-0.05, 0) is 60.4 Å². The Kier molecular flexibility index (Phi) is 8.64. The first-order chi connectivity index (χ1) is 14.8. The van der Waals surface area contributed by atoms with Gasteiger partial charge in [0.1, 0.15) is 23.2 Å². The summed E-state index contributed by atoms with van der Waals surface area (Å²) >= 11 is 0. The van der Waals surface area contributed by atoms with Gasteiger partial charge in [-0.3, -0.25) is 0 Å². The van der Waals surface area contributed by atoms with Crippen molar-refractivity contribution in [2.24, 2.45) is 0 Å². The van der Waals surface area contributed by atoms with Crippen molar-refractivity contribution in [1.82, 2.24) is 0 Å². The van der Waals surface area contributed by atoms with Crippen molar-refractivity contribution in [1.29, 1.82) is 0 Å². The Balaban J connectivity index is 0.00000272. The van der Waals surface area contributed by atoms with Gasteiger partial charge in [0.15, 0.2) is 0 Å². The molecule has 0 nitrogen and oxygen atoms in total. The summed E-state index contributed by atoms with van der Waals surface area (Å²) in [5, 5.41) is 4.33. The maximum absolute atomic E-state index is 2.36. The lowest BCUT2D eigenvalue weighted by atomic mass is 10.1. The van der Waals surface area contributed by atoms with Crippen LogP contribution < -0.4 is 32.9 Å². The van der Waals surface area contributed by atoms with Crippen molar-refractivity contribution >= 4 is 23.2 Å². The zero-order valence-electron chi connectivity index (χ0n) is 18.1. The summed E-state index contributed by atoms with van der Waals surface area (Å²) in [6, 6.07) is 42.8. The molecular weight excluding hydrogens is 459 g/mol. The fourth-order valence-corrected chi connectivity index (χ4v) is 8.48. The molecule has 0 aliphatic carbocycles. The van der Waals surface area contributed by atoms with Crippen LogP contribution in [0.5, 0.6) is 0 Å². The van der Waals surface area contributed by atoms with Gasteiger partial charge >= 0.3 is 0 Å². The Morgan fingerprint density at radius 2 is 0.903 bits per heavy atom. The molecule has 0 aliphatic rings. The summed E-state index contributed by atoms with van der Waals surface area (Å²) in [7, 11) is -1.81. The van der Waals surface area contributed by atoms with E-state index in [9.17, 15) is 0 Å². The van der Waals surface area contributed by atoms with Gasteiger partial charge in [0, 0.05) is 0 Å². The third-order valence-corrected chi connectivity index (χ3v) is 10.2. The summed E-state index contributed by atoms with van der Waals surface area (Å²) in [4.78, 5) is 0. The molecule has 0 unspecified atom stereocenters. The normalized spacial score (nSPS) is 11.0. The number of benzene rings is 4. The number of aryl methyl sites for hydroxylation is 1. The van der Waals surface area contributed by atoms with Crippen LogP contribution in [0, 0.1) is 0 Å². The highest BCUT2D eigenvalue weighted by Crippen LogP contribution is 2.58. The molecule has 0 amide bonds. The molecular formula is C29H30BrP. The van der Waals surface area contributed by atoms with Gasteiger partial charge in [-0.1, -0.05) is 92.2 Å². The van der Waals surface area contributed by atoms with Gasteiger partial charge in [0.25, 0.3) is 0 Å².